The standard InChI is InChI=1S/C7H10N2O5/c8-7(13)9-3-4-14-6(12)2-1-5(10)11/h1-2H,3-4H2,(H,10,11)(H3,8,9,13). The Kier molecular flexibility index (Phi) is 5.52. The van der Waals surface area contributed by atoms with Crippen LogP contribution in [0.4, 0.5) is 4.79 Å². The first-order valence-corrected chi connectivity index (χ1v) is 3.63. The Morgan fingerprint density at radius 2 is 2.00 bits per heavy atom. The molecule has 0 aliphatic rings. The van der Waals surface area contributed by atoms with Crippen LogP contribution in [0, 0.1) is 0 Å². The van der Waals surface area contributed by atoms with E-state index in [1.54, 1.807) is 0 Å². The molecule has 0 spiro atoms. The predicted molar refractivity (Wildman–Crippen MR) is 45.3 cm³/mol. The summed E-state index contributed by atoms with van der Waals surface area (Å²) in [6, 6.07) is -0.720. The summed E-state index contributed by atoms with van der Waals surface area (Å²) in [6.07, 6.45) is 1.43. The van der Waals surface area contributed by atoms with Gasteiger partial charge in [0.05, 0.1) is 6.54 Å². The summed E-state index contributed by atoms with van der Waals surface area (Å²) in [6.45, 7) is 0.0215. The zero-order chi connectivity index (χ0) is 11.0. The summed E-state index contributed by atoms with van der Waals surface area (Å²) in [4.78, 5) is 30.8. The van der Waals surface area contributed by atoms with E-state index in [2.05, 4.69) is 10.1 Å². The maximum atomic E-state index is 10.7. The average Bonchev–Trinajstić information content (AvgIpc) is 2.08. The van der Waals surface area contributed by atoms with Gasteiger partial charge in [0.25, 0.3) is 0 Å². The monoisotopic (exact) mass is 202 g/mol. The molecule has 0 bridgehead atoms. The molecular formula is C7H10N2O5. The van der Waals surface area contributed by atoms with E-state index in [0.717, 1.165) is 6.08 Å². The number of carboxylic acid groups (broad SMARTS) is 1. The summed E-state index contributed by atoms with van der Waals surface area (Å²) >= 11 is 0. The molecule has 0 saturated heterocycles. The van der Waals surface area contributed by atoms with E-state index in [9.17, 15) is 14.4 Å². The van der Waals surface area contributed by atoms with Crippen LogP contribution in [-0.4, -0.2) is 36.2 Å². The fourth-order valence-corrected chi connectivity index (χ4v) is 0.513. The van der Waals surface area contributed by atoms with E-state index in [1.807, 2.05) is 0 Å². The van der Waals surface area contributed by atoms with Crippen molar-refractivity contribution in [2.24, 2.45) is 5.73 Å². The zero-order valence-corrected chi connectivity index (χ0v) is 7.23. The first-order chi connectivity index (χ1) is 6.52. The highest BCUT2D eigenvalue weighted by Crippen LogP contribution is 1.81. The zero-order valence-electron chi connectivity index (χ0n) is 7.23. The van der Waals surface area contributed by atoms with Crippen molar-refractivity contribution in [3.8, 4) is 0 Å². The van der Waals surface area contributed by atoms with Crippen molar-refractivity contribution >= 4 is 18.0 Å². The predicted octanol–water partition coefficient (Wildman–Crippen LogP) is -1.16. The number of rotatable bonds is 5. The molecule has 7 heteroatoms. The molecule has 78 valence electrons. The summed E-state index contributed by atoms with van der Waals surface area (Å²) in [5, 5.41) is 10.3. The van der Waals surface area contributed by atoms with Crippen LogP contribution in [0.15, 0.2) is 12.2 Å². The molecule has 0 saturated carbocycles. The van der Waals surface area contributed by atoms with Crippen LogP contribution < -0.4 is 11.1 Å². The summed E-state index contributed by atoms with van der Waals surface area (Å²) in [5.74, 6) is -2.03. The number of esters is 1. The Balaban J connectivity index is 3.55. The molecule has 4 N–H and O–H groups in total. The third-order valence-electron chi connectivity index (χ3n) is 1.01. The first kappa shape index (κ1) is 11.9. The van der Waals surface area contributed by atoms with Gasteiger partial charge in [-0.25, -0.2) is 14.4 Å². The molecule has 0 aromatic carbocycles. The number of nitrogens with two attached hydrogens (primary N) is 1. The van der Waals surface area contributed by atoms with Crippen LogP contribution in [-0.2, 0) is 14.3 Å². The SMILES string of the molecule is NC(=O)NCCOC(=O)C=CC(=O)O. The molecule has 0 heterocycles. The maximum Gasteiger partial charge on any atom is 0.331 e. The molecule has 0 atom stereocenters. The minimum absolute atomic E-state index is 0.0638. The van der Waals surface area contributed by atoms with Gasteiger partial charge >= 0.3 is 18.0 Å². The number of nitrogens with one attached hydrogen (secondary N) is 1. The van der Waals surface area contributed by atoms with Crippen molar-refractivity contribution in [1.82, 2.24) is 5.32 Å². The lowest BCUT2D eigenvalue weighted by Crippen LogP contribution is -2.32. The molecule has 0 fully saturated rings. The van der Waals surface area contributed by atoms with E-state index in [0.29, 0.717) is 6.08 Å². The van der Waals surface area contributed by atoms with Gasteiger partial charge in [-0.15, -0.1) is 0 Å². The van der Waals surface area contributed by atoms with Crippen molar-refractivity contribution < 1.29 is 24.2 Å². The van der Waals surface area contributed by atoms with Crippen LogP contribution in [0.5, 0.6) is 0 Å². The molecule has 0 aliphatic heterocycles. The highest BCUT2D eigenvalue weighted by atomic mass is 16.5. The van der Waals surface area contributed by atoms with E-state index in [4.69, 9.17) is 10.8 Å². The molecule has 0 aromatic heterocycles. The molecule has 2 amide bonds. The van der Waals surface area contributed by atoms with Crippen LogP contribution >= 0.6 is 0 Å². The highest BCUT2D eigenvalue weighted by molar-refractivity contribution is 5.90. The Hall–Kier alpha value is -2.05. The van der Waals surface area contributed by atoms with Gasteiger partial charge < -0.3 is 20.9 Å². The van der Waals surface area contributed by atoms with Crippen molar-refractivity contribution in [2.45, 2.75) is 0 Å². The normalized spacial score (nSPS) is 9.71. The van der Waals surface area contributed by atoms with E-state index in [1.165, 1.54) is 0 Å². The quantitative estimate of drug-likeness (QED) is 0.295. The Labute approximate surface area is 79.5 Å². The van der Waals surface area contributed by atoms with Gasteiger partial charge in [-0.1, -0.05) is 0 Å². The lowest BCUT2D eigenvalue weighted by molar-refractivity contribution is -0.138. The molecule has 0 radical (unpaired) electrons. The van der Waals surface area contributed by atoms with E-state index >= 15 is 0 Å². The van der Waals surface area contributed by atoms with Crippen molar-refractivity contribution in [3.05, 3.63) is 12.2 Å². The Morgan fingerprint density at radius 3 is 2.50 bits per heavy atom. The number of ether oxygens (including phenoxy) is 1. The van der Waals surface area contributed by atoms with Gasteiger partial charge in [-0.3, -0.25) is 0 Å². The second-order valence-electron chi connectivity index (χ2n) is 2.13. The second-order valence-corrected chi connectivity index (χ2v) is 2.13. The molecule has 0 rings (SSSR count). The van der Waals surface area contributed by atoms with Crippen LogP contribution in [0.25, 0.3) is 0 Å². The minimum atomic E-state index is -1.24. The lowest BCUT2D eigenvalue weighted by atomic mass is 10.5. The summed E-state index contributed by atoms with van der Waals surface area (Å²) in [7, 11) is 0. The van der Waals surface area contributed by atoms with E-state index in [-0.39, 0.29) is 13.2 Å². The molecule has 0 aromatic rings. The number of carbonyl (C=O) groups is 3. The molecule has 0 unspecified atom stereocenters. The van der Waals surface area contributed by atoms with Crippen molar-refractivity contribution in [3.63, 3.8) is 0 Å². The number of urea groups is 1. The highest BCUT2D eigenvalue weighted by Gasteiger charge is 1.98. The Morgan fingerprint density at radius 1 is 1.36 bits per heavy atom. The fraction of sp³-hybridized carbons (Fsp3) is 0.286. The van der Waals surface area contributed by atoms with Gasteiger partial charge in [-0.05, 0) is 0 Å². The number of carbonyl (C=O) groups excluding carboxylic acids is 2. The van der Waals surface area contributed by atoms with Gasteiger partial charge in [0, 0.05) is 12.2 Å². The molecule has 0 aliphatic carbocycles. The van der Waals surface area contributed by atoms with Crippen LogP contribution in [0.2, 0.25) is 0 Å². The van der Waals surface area contributed by atoms with Gasteiger partial charge in [0.15, 0.2) is 0 Å². The van der Waals surface area contributed by atoms with Crippen molar-refractivity contribution in [1.29, 1.82) is 0 Å². The minimum Gasteiger partial charge on any atom is -0.478 e. The van der Waals surface area contributed by atoms with Gasteiger partial charge in [0.1, 0.15) is 6.61 Å². The van der Waals surface area contributed by atoms with Gasteiger partial charge in [0.2, 0.25) is 0 Å². The number of aliphatic carboxylic acids is 1. The molecule has 7 nitrogen and oxygen atoms in total. The third kappa shape index (κ3) is 8.05. The number of carboxylic acids is 1. The number of hydrogen-bond acceptors (Lipinski definition) is 4. The average molecular weight is 202 g/mol. The van der Waals surface area contributed by atoms with Crippen LogP contribution in [0.1, 0.15) is 0 Å². The molecule has 14 heavy (non-hydrogen) atoms. The van der Waals surface area contributed by atoms with Crippen molar-refractivity contribution in [2.75, 3.05) is 13.2 Å². The molecular weight excluding hydrogens is 192 g/mol. The largest absolute Gasteiger partial charge is 0.478 e. The third-order valence-corrected chi connectivity index (χ3v) is 1.01. The number of hydrogen-bond donors (Lipinski definition) is 3. The lowest BCUT2D eigenvalue weighted by Gasteiger charge is -2.01. The van der Waals surface area contributed by atoms with E-state index < -0.39 is 18.0 Å². The Bertz CT molecular complexity index is 261. The number of primary amides is 1. The van der Waals surface area contributed by atoms with Gasteiger partial charge in [-0.2, -0.15) is 0 Å². The van der Waals surface area contributed by atoms with Crippen LogP contribution in [0.3, 0.4) is 0 Å². The fourth-order valence-electron chi connectivity index (χ4n) is 0.513. The summed E-state index contributed by atoms with van der Waals surface area (Å²) in [5.41, 5.74) is 4.73. The number of amides is 2. The maximum absolute atomic E-state index is 10.7. The topological polar surface area (TPSA) is 119 Å². The second kappa shape index (κ2) is 6.46. The summed E-state index contributed by atoms with van der Waals surface area (Å²) < 4.78 is 4.48. The first-order valence-electron chi connectivity index (χ1n) is 3.63. The smallest absolute Gasteiger partial charge is 0.331 e.